The third kappa shape index (κ3) is 3.95. The van der Waals surface area contributed by atoms with Gasteiger partial charge in [0.1, 0.15) is 11.5 Å². The van der Waals surface area contributed by atoms with E-state index in [4.69, 9.17) is 0 Å². The van der Waals surface area contributed by atoms with E-state index in [9.17, 15) is 4.79 Å². The van der Waals surface area contributed by atoms with Gasteiger partial charge in [0, 0.05) is 12.6 Å². The van der Waals surface area contributed by atoms with Crippen molar-refractivity contribution >= 4 is 11.7 Å². The van der Waals surface area contributed by atoms with Crippen molar-refractivity contribution in [2.75, 3.05) is 11.9 Å². The van der Waals surface area contributed by atoms with Crippen LogP contribution in [0.3, 0.4) is 0 Å². The molecule has 0 bridgehead atoms. The molecule has 0 spiro atoms. The van der Waals surface area contributed by atoms with Gasteiger partial charge in [-0.25, -0.2) is 4.98 Å². The highest BCUT2D eigenvalue weighted by Gasteiger charge is 2.31. The highest BCUT2D eigenvalue weighted by atomic mass is 16.1. The van der Waals surface area contributed by atoms with Crippen molar-refractivity contribution in [3.63, 3.8) is 0 Å². The molecule has 110 valence electrons. The second kappa shape index (κ2) is 6.25. The van der Waals surface area contributed by atoms with E-state index in [1.807, 2.05) is 12.1 Å². The zero-order valence-corrected chi connectivity index (χ0v) is 12.7. The predicted octanol–water partition coefficient (Wildman–Crippen LogP) is 3.21. The number of pyridine rings is 1. The van der Waals surface area contributed by atoms with E-state index < -0.39 is 0 Å². The van der Waals surface area contributed by atoms with Crippen LogP contribution < -0.4 is 10.6 Å². The monoisotopic (exact) mass is 275 g/mol. The van der Waals surface area contributed by atoms with Crippen LogP contribution in [-0.4, -0.2) is 23.5 Å². The molecular formula is C16H25N3O. The minimum atomic E-state index is -0.0622. The number of carbonyl (C=O) groups is 1. The van der Waals surface area contributed by atoms with Gasteiger partial charge in [-0.1, -0.05) is 26.8 Å². The van der Waals surface area contributed by atoms with Gasteiger partial charge in [0.05, 0.1) is 0 Å². The molecule has 1 atom stereocenters. The molecule has 1 saturated carbocycles. The summed E-state index contributed by atoms with van der Waals surface area (Å²) in [6.07, 6.45) is 4.32. The number of nitrogens with one attached hydrogen (secondary N) is 2. The first-order valence-corrected chi connectivity index (χ1v) is 7.52. The minimum Gasteiger partial charge on any atom is -0.370 e. The van der Waals surface area contributed by atoms with Crippen molar-refractivity contribution in [2.24, 2.45) is 5.41 Å². The van der Waals surface area contributed by atoms with E-state index in [1.54, 1.807) is 6.07 Å². The average molecular weight is 275 g/mol. The van der Waals surface area contributed by atoms with Gasteiger partial charge in [-0.3, -0.25) is 4.79 Å². The first-order chi connectivity index (χ1) is 9.50. The Morgan fingerprint density at radius 3 is 2.90 bits per heavy atom. The van der Waals surface area contributed by atoms with Crippen LogP contribution in [0, 0.1) is 5.41 Å². The van der Waals surface area contributed by atoms with Gasteiger partial charge in [0.25, 0.3) is 5.91 Å². The Kier molecular flexibility index (Phi) is 4.63. The molecule has 0 radical (unpaired) electrons. The molecule has 1 aromatic heterocycles. The van der Waals surface area contributed by atoms with Crippen molar-refractivity contribution in [3.05, 3.63) is 23.9 Å². The van der Waals surface area contributed by atoms with Crippen LogP contribution in [0.25, 0.3) is 0 Å². The molecule has 0 aromatic carbocycles. The summed E-state index contributed by atoms with van der Waals surface area (Å²) in [7, 11) is 0. The zero-order valence-electron chi connectivity index (χ0n) is 12.7. The Hall–Kier alpha value is -1.58. The molecule has 1 heterocycles. The molecule has 0 aliphatic heterocycles. The topological polar surface area (TPSA) is 54.0 Å². The van der Waals surface area contributed by atoms with Crippen LogP contribution in [0.2, 0.25) is 0 Å². The molecule has 1 fully saturated rings. The predicted molar refractivity (Wildman–Crippen MR) is 81.9 cm³/mol. The van der Waals surface area contributed by atoms with Gasteiger partial charge in [0.15, 0.2) is 0 Å². The van der Waals surface area contributed by atoms with Crippen molar-refractivity contribution in [3.8, 4) is 0 Å². The third-order valence-corrected chi connectivity index (χ3v) is 3.84. The number of anilines is 1. The van der Waals surface area contributed by atoms with Crippen molar-refractivity contribution in [1.29, 1.82) is 0 Å². The van der Waals surface area contributed by atoms with Crippen molar-refractivity contribution < 1.29 is 4.79 Å². The normalized spacial score (nSPS) is 20.6. The van der Waals surface area contributed by atoms with Crippen molar-refractivity contribution in [1.82, 2.24) is 10.3 Å². The molecule has 1 aromatic rings. The van der Waals surface area contributed by atoms with Crippen molar-refractivity contribution in [2.45, 2.75) is 52.5 Å². The van der Waals surface area contributed by atoms with E-state index in [0.717, 1.165) is 31.6 Å². The number of hydrogen-bond acceptors (Lipinski definition) is 3. The fraction of sp³-hybridized carbons (Fsp3) is 0.625. The summed E-state index contributed by atoms with van der Waals surface area (Å²) < 4.78 is 0. The van der Waals surface area contributed by atoms with Gasteiger partial charge in [-0.05, 0) is 43.2 Å². The molecule has 1 amide bonds. The Morgan fingerprint density at radius 2 is 2.25 bits per heavy atom. The molecule has 4 nitrogen and oxygen atoms in total. The summed E-state index contributed by atoms with van der Waals surface area (Å²) in [6, 6.07) is 5.82. The highest BCUT2D eigenvalue weighted by molar-refractivity contribution is 5.92. The van der Waals surface area contributed by atoms with Crippen LogP contribution in [-0.2, 0) is 0 Å². The first kappa shape index (κ1) is 14.8. The lowest BCUT2D eigenvalue weighted by molar-refractivity contribution is 0.0931. The van der Waals surface area contributed by atoms with Crippen LogP contribution >= 0.6 is 0 Å². The average Bonchev–Trinajstić information content (AvgIpc) is 2.76. The molecule has 1 unspecified atom stereocenters. The Balaban J connectivity index is 1.95. The van der Waals surface area contributed by atoms with Gasteiger partial charge in [0.2, 0.25) is 0 Å². The zero-order chi connectivity index (χ0) is 14.6. The van der Waals surface area contributed by atoms with E-state index in [0.29, 0.717) is 11.1 Å². The molecule has 4 heteroatoms. The lowest BCUT2D eigenvalue weighted by atomic mass is 9.92. The second-order valence-electron chi connectivity index (χ2n) is 6.41. The molecular weight excluding hydrogens is 250 g/mol. The Morgan fingerprint density at radius 1 is 1.45 bits per heavy atom. The minimum absolute atomic E-state index is 0.0622. The quantitative estimate of drug-likeness (QED) is 0.867. The van der Waals surface area contributed by atoms with Gasteiger partial charge < -0.3 is 10.6 Å². The second-order valence-corrected chi connectivity index (χ2v) is 6.41. The fourth-order valence-electron chi connectivity index (χ4n) is 2.73. The van der Waals surface area contributed by atoms with Gasteiger partial charge in [-0.15, -0.1) is 0 Å². The summed E-state index contributed by atoms with van der Waals surface area (Å²) >= 11 is 0. The number of nitrogens with zero attached hydrogens (tertiary/aromatic N) is 1. The van der Waals surface area contributed by atoms with E-state index >= 15 is 0 Å². The van der Waals surface area contributed by atoms with E-state index in [-0.39, 0.29) is 11.9 Å². The number of amides is 1. The molecule has 20 heavy (non-hydrogen) atoms. The lowest BCUT2D eigenvalue weighted by Crippen LogP contribution is -2.34. The fourth-order valence-corrected chi connectivity index (χ4v) is 2.73. The maximum Gasteiger partial charge on any atom is 0.270 e. The first-order valence-electron chi connectivity index (χ1n) is 7.52. The van der Waals surface area contributed by atoms with Gasteiger partial charge >= 0.3 is 0 Å². The van der Waals surface area contributed by atoms with Crippen LogP contribution in [0.15, 0.2) is 18.2 Å². The summed E-state index contributed by atoms with van der Waals surface area (Å²) in [6.45, 7) is 7.49. The molecule has 2 rings (SSSR count). The van der Waals surface area contributed by atoms with Crippen LogP contribution in [0.4, 0.5) is 5.82 Å². The smallest absolute Gasteiger partial charge is 0.270 e. The summed E-state index contributed by atoms with van der Waals surface area (Å²) in [4.78, 5) is 16.6. The van der Waals surface area contributed by atoms with Crippen LogP contribution in [0.1, 0.15) is 56.9 Å². The summed E-state index contributed by atoms with van der Waals surface area (Å²) in [5.41, 5.74) is 0.839. The van der Waals surface area contributed by atoms with E-state index in [2.05, 4.69) is 36.4 Å². The number of aromatic nitrogens is 1. The number of carbonyl (C=O) groups excluding carboxylic acids is 1. The van der Waals surface area contributed by atoms with E-state index in [1.165, 1.54) is 6.42 Å². The molecule has 1 aliphatic carbocycles. The Bertz CT molecular complexity index is 471. The number of rotatable bonds is 5. The maximum absolute atomic E-state index is 12.2. The SMILES string of the molecule is CCCNc1cccc(C(=O)NC2CCC(C)(C)C2)n1. The Labute approximate surface area is 121 Å². The maximum atomic E-state index is 12.2. The third-order valence-electron chi connectivity index (χ3n) is 3.84. The molecule has 1 aliphatic rings. The number of hydrogen-bond donors (Lipinski definition) is 2. The summed E-state index contributed by atoms with van der Waals surface area (Å²) in [5, 5.41) is 6.31. The largest absolute Gasteiger partial charge is 0.370 e. The standard InChI is InChI=1S/C16H25N3O/c1-4-10-17-14-7-5-6-13(19-14)15(20)18-12-8-9-16(2,3)11-12/h5-7,12H,4,8-11H2,1-3H3,(H,17,19)(H,18,20). The van der Waals surface area contributed by atoms with Gasteiger partial charge in [-0.2, -0.15) is 0 Å². The summed E-state index contributed by atoms with van der Waals surface area (Å²) in [5.74, 6) is 0.708. The highest BCUT2D eigenvalue weighted by Crippen LogP contribution is 2.36. The lowest BCUT2D eigenvalue weighted by Gasteiger charge is -2.17. The molecule has 2 N–H and O–H groups in total. The molecule has 0 saturated heterocycles. The van der Waals surface area contributed by atoms with Crippen LogP contribution in [0.5, 0.6) is 0 Å².